The number of carbonyl (C=O) groups is 1. The summed E-state index contributed by atoms with van der Waals surface area (Å²) in [6.07, 6.45) is 0.932. The van der Waals surface area contributed by atoms with Gasteiger partial charge in [-0.15, -0.1) is 11.3 Å². The zero-order chi connectivity index (χ0) is 22.5. The summed E-state index contributed by atoms with van der Waals surface area (Å²) in [5.41, 5.74) is 4.34. The quantitative estimate of drug-likeness (QED) is 0.335. The van der Waals surface area contributed by atoms with E-state index in [4.69, 9.17) is 21.9 Å². The van der Waals surface area contributed by atoms with Crippen molar-refractivity contribution in [1.29, 1.82) is 0 Å². The van der Waals surface area contributed by atoms with Gasteiger partial charge in [-0.25, -0.2) is 4.98 Å². The molecule has 162 valence electrons. The molecule has 7 heteroatoms. The highest BCUT2D eigenvalue weighted by Gasteiger charge is 2.11. The van der Waals surface area contributed by atoms with Gasteiger partial charge in [-0.05, 0) is 73.6 Å². The lowest BCUT2D eigenvalue weighted by Gasteiger charge is -2.13. The Morgan fingerprint density at radius 3 is 2.62 bits per heavy atom. The van der Waals surface area contributed by atoms with E-state index in [-0.39, 0.29) is 11.0 Å². The maximum absolute atomic E-state index is 12.6. The van der Waals surface area contributed by atoms with E-state index in [1.165, 1.54) is 0 Å². The number of thiocarbonyl (C=S) groups is 1. The summed E-state index contributed by atoms with van der Waals surface area (Å²) in [4.78, 5) is 17.3. The van der Waals surface area contributed by atoms with Gasteiger partial charge in [-0.1, -0.05) is 31.2 Å². The molecule has 0 unspecified atom stereocenters. The second kappa shape index (κ2) is 9.89. The van der Waals surface area contributed by atoms with Crippen molar-refractivity contribution < 1.29 is 9.53 Å². The monoisotopic (exact) mass is 461 g/mol. The number of fused-ring (bicyclic) bond motifs is 1. The van der Waals surface area contributed by atoms with Gasteiger partial charge in [0, 0.05) is 16.8 Å². The molecule has 2 N–H and O–H groups in total. The highest BCUT2D eigenvalue weighted by molar-refractivity contribution is 7.80. The Balaban J connectivity index is 1.44. The number of amides is 1. The topological polar surface area (TPSA) is 63.2 Å². The number of benzene rings is 3. The lowest BCUT2D eigenvalue weighted by Crippen LogP contribution is -2.34. The molecule has 0 aliphatic rings. The Morgan fingerprint density at radius 1 is 1.09 bits per heavy atom. The van der Waals surface area contributed by atoms with Crippen LogP contribution in [0.2, 0.25) is 0 Å². The molecule has 0 atom stereocenters. The normalized spacial score (nSPS) is 10.7. The molecule has 1 aromatic heterocycles. The number of aromatic nitrogens is 1. The van der Waals surface area contributed by atoms with E-state index in [1.54, 1.807) is 35.6 Å². The average Bonchev–Trinajstić information content (AvgIpc) is 3.23. The lowest BCUT2D eigenvalue weighted by molar-refractivity contribution is 0.0977. The fourth-order valence-electron chi connectivity index (χ4n) is 3.14. The third-order valence-corrected chi connectivity index (χ3v) is 6.13. The lowest BCUT2D eigenvalue weighted by atomic mass is 10.1. The summed E-state index contributed by atoms with van der Waals surface area (Å²) in [5.74, 6) is 0.468. The summed E-state index contributed by atoms with van der Waals surface area (Å²) < 4.78 is 6.70. The van der Waals surface area contributed by atoms with E-state index in [0.717, 1.165) is 44.2 Å². The molecule has 3 aromatic carbocycles. The fraction of sp³-hybridized carbons (Fsp3) is 0.160. The highest BCUT2D eigenvalue weighted by Crippen LogP contribution is 2.32. The Morgan fingerprint density at radius 2 is 1.88 bits per heavy atom. The molecule has 1 amide bonds. The van der Waals surface area contributed by atoms with Crippen molar-refractivity contribution in [2.45, 2.75) is 20.3 Å². The first-order chi connectivity index (χ1) is 15.5. The number of nitrogens with one attached hydrogen (secondary N) is 2. The van der Waals surface area contributed by atoms with Crippen molar-refractivity contribution in [3.05, 3.63) is 77.9 Å². The first kappa shape index (κ1) is 21.9. The number of hydrogen-bond acceptors (Lipinski definition) is 5. The van der Waals surface area contributed by atoms with Crippen LogP contribution in [0.15, 0.2) is 66.7 Å². The molecule has 4 rings (SSSR count). The van der Waals surface area contributed by atoms with Crippen molar-refractivity contribution in [2.24, 2.45) is 0 Å². The number of aryl methyl sites for hydroxylation is 1. The Hall–Kier alpha value is -3.29. The third kappa shape index (κ3) is 5.12. The summed E-state index contributed by atoms with van der Waals surface area (Å²) in [7, 11) is 0. The number of carbonyl (C=O) groups excluding carboxylic acids is 1. The molecule has 4 aromatic rings. The molecule has 32 heavy (non-hydrogen) atoms. The molecule has 0 radical (unpaired) electrons. The van der Waals surface area contributed by atoms with Crippen molar-refractivity contribution in [2.75, 3.05) is 11.9 Å². The Kier molecular flexibility index (Phi) is 6.78. The van der Waals surface area contributed by atoms with Gasteiger partial charge in [0.05, 0.1) is 16.8 Å². The second-order valence-corrected chi connectivity index (χ2v) is 8.74. The van der Waals surface area contributed by atoms with Crippen LogP contribution in [-0.2, 0) is 0 Å². The number of nitrogens with zero attached hydrogens (tertiary/aromatic N) is 1. The molecular weight excluding hydrogens is 438 g/mol. The minimum Gasteiger partial charge on any atom is -0.494 e. The third-order valence-electron chi connectivity index (χ3n) is 4.84. The molecule has 5 nitrogen and oxygen atoms in total. The van der Waals surface area contributed by atoms with E-state index < -0.39 is 0 Å². The van der Waals surface area contributed by atoms with Crippen LogP contribution < -0.4 is 15.4 Å². The molecule has 1 heterocycles. The number of anilines is 1. The first-order valence-electron chi connectivity index (χ1n) is 10.4. The van der Waals surface area contributed by atoms with E-state index in [9.17, 15) is 4.79 Å². The van der Waals surface area contributed by atoms with Gasteiger partial charge >= 0.3 is 0 Å². The van der Waals surface area contributed by atoms with Gasteiger partial charge in [0.2, 0.25) is 0 Å². The van der Waals surface area contributed by atoms with E-state index in [2.05, 4.69) is 16.7 Å². The highest BCUT2D eigenvalue weighted by atomic mass is 32.1. The van der Waals surface area contributed by atoms with Crippen LogP contribution in [-0.4, -0.2) is 22.6 Å². The van der Waals surface area contributed by atoms with Gasteiger partial charge in [-0.3, -0.25) is 10.1 Å². The molecule has 0 aliphatic carbocycles. The zero-order valence-electron chi connectivity index (χ0n) is 17.8. The van der Waals surface area contributed by atoms with Crippen LogP contribution in [0.3, 0.4) is 0 Å². The first-order valence-corrected chi connectivity index (χ1v) is 11.6. The molecule has 0 fully saturated rings. The Labute approximate surface area is 196 Å². The summed E-state index contributed by atoms with van der Waals surface area (Å²) in [6, 6.07) is 21.2. The van der Waals surface area contributed by atoms with Gasteiger partial charge < -0.3 is 10.1 Å². The van der Waals surface area contributed by atoms with E-state index in [1.807, 2.05) is 50.2 Å². The number of rotatable bonds is 6. The second-order valence-electron chi connectivity index (χ2n) is 7.30. The van der Waals surface area contributed by atoms with Crippen LogP contribution in [0.4, 0.5) is 5.69 Å². The van der Waals surface area contributed by atoms with E-state index >= 15 is 0 Å². The predicted molar refractivity (Wildman–Crippen MR) is 136 cm³/mol. The maximum atomic E-state index is 12.6. The Bertz CT molecular complexity index is 1230. The summed E-state index contributed by atoms with van der Waals surface area (Å²) in [5, 5.41) is 7.07. The molecule has 0 saturated carbocycles. The average molecular weight is 462 g/mol. The number of para-hydroxylation sites is 1. The smallest absolute Gasteiger partial charge is 0.257 e. The number of thiazole rings is 1. The zero-order valence-corrected chi connectivity index (χ0v) is 19.5. The van der Waals surface area contributed by atoms with Gasteiger partial charge in [0.15, 0.2) is 5.11 Å². The minimum atomic E-state index is -0.274. The van der Waals surface area contributed by atoms with Gasteiger partial charge in [0.1, 0.15) is 10.8 Å². The molecule has 0 spiro atoms. The fourth-order valence-corrected chi connectivity index (χ4v) is 4.30. The van der Waals surface area contributed by atoms with Crippen molar-refractivity contribution >= 4 is 50.5 Å². The molecule has 0 aliphatic heterocycles. The van der Waals surface area contributed by atoms with Gasteiger partial charge in [-0.2, -0.15) is 0 Å². The maximum Gasteiger partial charge on any atom is 0.257 e. The van der Waals surface area contributed by atoms with Crippen LogP contribution in [0, 0.1) is 6.92 Å². The summed E-state index contributed by atoms with van der Waals surface area (Å²) in [6.45, 7) is 4.69. The molecule has 0 bridgehead atoms. The SMILES string of the molecule is CCCOc1ccc(C(=O)NC(=S)Nc2cc(-c3nc4ccccc4s3)ccc2C)cc1. The van der Waals surface area contributed by atoms with Crippen molar-refractivity contribution in [3.63, 3.8) is 0 Å². The summed E-state index contributed by atoms with van der Waals surface area (Å²) >= 11 is 7.03. The van der Waals surface area contributed by atoms with Crippen LogP contribution in [0.25, 0.3) is 20.8 Å². The van der Waals surface area contributed by atoms with Crippen LogP contribution in [0.1, 0.15) is 29.3 Å². The van der Waals surface area contributed by atoms with Crippen LogP contribution >= 0.6 is 23.6 Å². The van der Waals surface area contributed by atoms with Crippen molar-refractivity contribution in [3.8, 4) is 16.3 Å². The molecule has 0 saturated heterocycles. The molecular formula is C25H23N3O2S2. The van der Waals surface area contributed by atoms with Crippen LogP contribution in [0.5, 0.6) is 5.75 Å². The predicted octanol–water partition coefficient (Wildman–Crippen LogP) is 6.19. The van der Waals surface area contributed by atoms with Gasteiger partial charge in [0.25, 0.3) is 5.91 Å². The van der Waals surface area contributed by atoms with E-state index in [0.29, 0.717) is 12.2 Å². The largest absolute Gasteiger partial charge is 0.494 e. The standard InChI is InChI=1S/C25H23N3O2S2/c1-3-14-30-19-12-10-17(11-13-19)23(29)28-25(31)27-21-15-18(9-8-16(21)2)24-26-20-6-4-5-7-22(20)32-24/h4-13,15H,3,14H2,1-2H3,(H2,27,28,29,31). The van der Waals surface area contributed by atoms with Crippen molar-refractivity contribution in [1.82, 2.24) is 10.3 Å². The number of hydrogen-bond donors (Lipinski definition) is 2. The number of ether oxygens (including phenoxy) is 1. The minimum absolute atomic E-state index is 0.242.